The Labute approximate surface area is 371 Å². The van der Waals surface area contributed by atoms with Gasteiger partial charge in [0.05, 0.1) is 28.7 Å². The summed E-state index contributed by atoms with van der Waals surface area (Å²) in [4.78, 5) is 74.1. The van der Waals surface area contributed by atoms with Crippen LogP contribution >= 0.6 is 0 Å². The van der Waals surface area contributed by atoms with Gasteiger partial charge in [0.2, 0.25) is 17.7 Å². The van der Waals surface area contributed by atoms with Crippen molar-refractivity contribution in [3.05, 3.63) is 82.4 Å². The average Bonchev–Trinajstić information content (AvgIpc) is 3.98. The number of hydrogen-bond acceptors (Lipinski definition) is 9. The largest absolute Gasteiger partial charge is 0.371 e. The Hall–Kier alpha value is -5.90. The maximum Gasteiger partial charge on any atom is 0.264 e. The molecule has 10 rings (SSSR count). The summed E-state index contributed by atoms with van der Waals surface area (Å²) >= 11 is 0. The van der Waals surface area contributed by atoms with Crippen LogP contribution in [0.4, 0.5) is 25.8 Å². The van der Waals surface area contributed by atoms with Gasteiger partial charge in [0.1, 0.15) is 6.04 Å². The minimum absolute atomic E-state index is 0.00358. The van der Waals surface area contributed by atoms with Gasteiger partial charge in [-0.3, -0.25) is 38.9 Å². The lowest BCUT2D eigenvalue weighted by atomic mass is 9.92. The first-order valence-electron chi connectivity index (χ1n) is 22.9. The molecular weight excluding hydrogens is 821 g/mol. The number of alkyl halides is 2. The number of carbonyl (C=O) groups is 5. The van der Waals surface area contributed by atoms with E-state index in [4.69, 9.17) is 0 Å². The molecule has 0 aliphatic carbocycles. The molecule has 1 atom stereocenters. The summed E-state index contributed by atoms with van der Waals surface area (Å²) < 4.78 is 33.6. The summed E-state index contributed by atoms with van der Waals surface area (Å²) in [6.07, 6.45) is 10.7. The van der Waals surface area contributed by atoms with Crippen molar-refractivity contribution in [2.45, 2.75) is 96.2 Å². The van der Waals surface area contributed by atoms with Crippen LogP contribution in [0, 0.1) is 5.92 Å². The van der Waals surface area contributed by atoms with E-state index in [1.54, 1.807) is 49.2 Å². The second-order valence-corrected chi connectivity index (χ2v) is 18.5. The van der Waals surface area contributed by atoms with E-state index in [0.717, 1.165) is 117 Å². The molecule has 3 saturated heterocycles. The maximum absolute atomic E-state index is 14.8. The average molecular weight is 876 g/mol. The van der Waals surface area contributed by atoms with E-state index in [9.17, 15) is 32.8 Å². The Bertz CT molecular complexity index is 2530. The Morgan fingerprint density at radius 1 is 0.859 bits per heavy atom. The van der Waals surface area contributed by atoms with Crippen molar-refractivity contribution in [1.82, 2.24) is 34.4 Å². The van der Waals surface area contributed by atoms with Gasteiger partial charge in [-0.05, 0) is 99.2 Å². The van der Waals surface area contributed by atoms with E-state index in [1.807, 2.05) is 17.0 Å². The molecule has 0 radical (unpaired) electrons. The Balaban J connectivity index is 0.794. The number of hydrogen-bond donors (Lipinski definition) is 1. The fraction of sp³-hybridized carbons (Fsp3) is 0.500. The minimum atomic E-state index is -2.65. The summed E-state index contributed by atoms with van der Waals surface area (Å²) in [6, 6.07) is 8.27. The first kappa shape index (κ1) is 42.1. The Morgan fingerprint density at radius 2 is 1.66 bits per heavy atom. The molecule has 336 valence electrons. The highest BCUT2D eigenvalue weighted by atomic mass is 19.3. The summed E-state index contributed by atoms with van der Waals surface area (Å²) in [5, 5.41) is 6.52. The van der Waals surface area contributed by atoms with Gasteiger partial charge in [-0.1, -0.05) is 6.07 Å². The second-order valence-electron chi connectivity index (χ2n) is 18.5. The molecular formula is C48H55F2N9O5. The molecule has 16 heteroatoms. The molecule has 1 N–H and O–H groups in total. The van der Waals surface area contributed by atoms with Crippen LogP contribution in [0.3, 0.4) is 0 Å². The van der Waals surface area contributed by atoms with Crippen LogP contribution in [0.2, 0.25) is 0 Å². The predicted octanol–water partition coefficient (Wildman–Crippen LogP) is 6.16. The van der Waals surface area contributed by atoms with Gasteiger partial charge in [-0.2, -0.15) is 5.10 Å². The normalized spacial score (nSPS) is 21.2. The van der Waals surface area contributed by atoms with Gasteiger partial charge in [0.15, 0.2) is 0 Å². The van der Waals surface area contributed by atoms with Gasteiger partial charge in [-0.15, -0.1) is 0 Å². The molecule has 0 bridgehead atoms. The zero-order valence-electron chi connectivity index (χ0n) is 36.5. The van der Waals surface area contributed by atoms with Crippen LogP contribution in [0.25, 0.3) is 11.1 Å². The lowest BCUT2D eigenvalue weighted by Gasteiger charge is -2.37. The summed E-state index contributed by atoms with van der Waals surface area (Å²) in [7, 11) is 1.79. The van der Waals surface area contributed by atoms with E-state index in [0.29, 0.717) is 53.8 Å². The second kappa shape index (κ2) is 16.9. The van der Waals surface area contributed by atoms with Gasteiger partial charge in [0, 0.05) is 119 Å². The van der Waals surface area contributed by atoms with Gasteiger partial charge in [-0.25, -0.2) is 8.78 Å². The fourth-order valence-electron chi connectivity index (χ4n) is 11.3. The van der Waals surface area contributed by atoms with Crippen molar-refractivity contribution in [3.8, 4) is 11.1 Å². The van der Waals surface area contributed by atoms with Crippen LogP contribution in [0.1, 0.15) is 114 Å². The minimum Gasteiger partial charge on any atom is -0.371 e. The van der Waals surface area contributed by atoms with Crippen LogP contribution in [-0.4, -0.2) is 110 Å². The van der Waals surface area contributed by atoms with Crippen molar-refractivity contribution >= 4 is 46.6 Å². The fourth-order valence-corrected chi connectivity index (χ4v) is 11.3. The Kier molecular flexibility index (Phi) is 11.1. The number of anilines is 3. The molecule has 6 aliphatic heterocycles. The number of aromatic nitrogens is 3. The van der Waals surface area contributed by atoms with Crippen LogP contribution in [0.15, 0.2) is 48.9 Å². The molecule has 2 aromatic heterocycles. The number of nitrogens with one attached hydrogen (secondary N) is 1. The first-order valence-corrected chi connectivity index (χ1v) is 22.9. The number of rotatable bonds is 9. The number of piperidine rings is 3. The molecule has 2 aromatic carbocycles. The molecule has 4 aromatic rings. The van der Waals surface area contributed by atoms with Gasteiger partial charge < -0.3 is 24.2 Å². The number of carbonyl (C=O) groups excluding carboxylic acids is 5. The number of imide groups is 2. The van der Waals surface area contributed by atoms with E-state index in [-0.39, 0.29) is 24.3 Å². The lowest BCUT2D eigenvalue weighted by molar-refractivity contribution is -0.136. The molecule has 0 saturated carbocycles. The number of benzene rings is 2. The van der Waals surface area contributed by atoms with Crippen molar-refractivity contribution in [2.75, 3.05) is 55.6 Å². The highest BCUT2D eigenvalue weighted by Gasteiger charge is 2.46. The predicted molar refractivity (Wildman–Crippen MR) is 236 cm³/mol. The lowest BCUT2D eigenvalue weighted by Crippen LogP contribution is -2.54. The smallest absolute Gasteiger partial charge is 0.264 e. The highest BCUT2D eigenvalue weighted by Crippen LogP contribution is 2.45. The number of aryl methyl sites for hydroxylation is 2. The van der Waals surface area contributed by atoms with E-state index < -0.39 is 36.1 Å². The van der Waals surface area contributed by atoms with Crippen molar-refractivity contribution in [2.24, 2.45) is 13.0 Å². The van der Waals surface area contributed by atoms with E-state index >= 15 is 0 Å². The maximum atomic E-state index is 14.8. The van der Waals surface area contributed by atoms with Gasteiger partial charge >= 0.3 is 0 Å². The zero-order chi connectivity index (χ0) is 44.4. The van der Waals surface area contributed by atoms with Crippen LogP contribution in [-0.2, 0) is 40.8 Å². The monoisotopic (exact) mass is 875 g/mol. The molecule has 8 heterocycles. The molecule has 3 fully saturated rings. The third-order valence-corrected chi connectivity index (χ3v) is 14.8. The van der Waals surface area contributed by atoms with Gasteiger partial charge in [0.25, 0.3) is 18.2 Å². The van der Waals surface area contributed by atoms with Crippen molar-refractivity contribution in [3.63, 3.8) is 0 Å². The summed E-state index contributed by atoms with van der Waals surface area (Å²) in [5.74, 6) is -1.39. The molecule has 5 amide bonds. The zero-order valence-corrected chi connectivity index (χ0v) is 36.5. The van der Waals surface area contributed by atoms with Crippen LogP contribution < -0.4 is 15.1 Å². The summed E-state index contributed by atoms with van der Waals surface area (Å²) in [6.45, 7) is 7.98. The molecule has 14 nitrogen and oxygen atoms in total. The number of likely N-dealkylation sites (tertiary alicyclic amines) is 1. The standard InChI is InChI=1S/C48H55F2N9O5/c1-29(60)56-22-15-38-37(27-56)42(57-16-4-5-31-23-35(32-25-51-53(2)26-32)36(45(49)50)24-41(31)57)28-58(38)33-13-18-54(19-14-33)17-10-30-11-20-55(21-12-30)39-7-3-6-34-44(39)48(64)59(47(34)63)40-8-9-43(61)52-46(40)62/h3,6-7,23-26,28,30,33,40,45H,4-5,8-22,27H2,1-2H3,(H,52,61,62). The highest BCUT2D eigenvalue weighted by molar-refractivity contribution is 6.25. The number of amides is 5. The first-order chi connectivity index (χ1) is 30.9. The van der Waals surface area contributed by atoms with Crippen molar-refractivity contribution in [1.29, 1.82) is 0 Å². The molecule has 1 unspecified atom stereocenters. The van der Waals surface area contributed by atoms with E-state index in [1.165, 1.54) is 5.69 Å². The molecule has 64 heavy (non-hydrogen) atoms. The molecule has 0 spiro atoms. The third-order valence-electron chi connectivity index (χ3n) is 14.8. The van der Waals surface area contributed by atoms with Crippen LogP contribution in [0.5, 0.6) is 0 Å². The number of halogens is 2. The van der Waals surface area contributed by atoms with Crippen molar-refractivity contribution < 1.29 is 32.8 Å². The third kappa shape index (κ3) is 7.56. The molecule has 6 aliphatic rings. The number of fused-ring (bicyclic) bond motifs is 3. The Morgan fingerprint density at radius 3 is 2.38 bits per heavy atom. The SMILES string of the molecule is CC(=O)N1CCc2c(c(N3CCCc4cc(-c5cnn(C)c5)c(C(F)F)cc43)cn2C2CCN(CCC3CCN(c4cccc5c4C(=O)N(C4CCC(=O)NC4=O)C5=O)CC3)CC2)C1. The number of nitrogens with zero attached hydrogens (tertiary/aromatic N) is 8. The quantitative estimate of drug-likeness (QED) is 0.196. The topological polar surface area (TPSA) is 136 Å². The summed E-state index contributed by atoms with van der Waals surface area (Å²) in [5.41, 5.74) is 7.87. The van der Waals surface area contributed by atoms with E-state index in [2.05, 4.69) is 35.9 Å².